The van der Waals surface area contributed by atoms with Crippen molar-refractivity contribution in [1.29, 1.82) is 0 Å². The summed E-state index contributed by atoms with van der Waals surface area (Å²) >= 11 is 0. The molecule has 0 aliphatic heterocycles. The van der Waals surface area contributed by atoms with Gasteiger partial charge in [-0.3, -0.25) is 0 Å². The number of aliphatic hydroxyl groups excluding tert-OH is 1. The van der Waals surface area contributed by atoms with Crippen LogP contribution in [0.1, 0.15) is 6.92 Å². The molecule has 46 valence electrons. The van der Waals surface area contributed by atoms with Gasteiger partial charge in [0.25, 0.3) is 0 Å². The molecule has 0 heterocycles. The first-order valence-electron chi connectivity index (χ1n) is 2.10. The average molecular weight is 146 g/mol. The van der Waals surface area contributed by atoms with Gasteiger partial charge in [0.05, 0.1) is 13.2 Å². The summed E-state index contributed by atoms with van der Waals surface area (Å²) in [6, 6.07) is 0. The molecule has 0 rings (SSSR count). The van der Waals surface area contributed by atoms with Gasteiger partial charge in [0.1, 0.15) is 0 Å². The molecule has 0 unspecified atom stereocenters. The van der Waals surface area contributed by atoms with Crippen LogP contribution in [0.3, 0.4) is 0 Å². The van der Waals surface area contributed by atoms with Crippen LogP contribution in [-0.4, -0.2) is 30.4 Å². The molecule has 0 radical (unpaired) electrons. The molecule has 0 aliphatic carbocycles. The minimum Gasteiger partial charge on any atom is -0.870 e. The van der Waals surface area contributed by atoms with E-state index in [1.807, 2.05) is 6.92 Å². The molecule has 0 amide bonds. The fourth-order valence-corrected chi connectivity index (χ4v) is 0.209. The molecule has 0 fully saturated rings. The van der Waals surface area contributed by atoms with E-state index in [1.165, 1.54) is 0 Å². The van der Waals surface area contributed by atoms with Crippen LogP contribution in [0.5, 0.6) is 0 Å². The Morgan fingerprint density at radius 2 is 2.00 bits per heavy atom. The number of ether oxygens (including phenoxy) is 1. The second-order valence-corrected chi connectivity index (χ2v) is 0.921. The SMILES string of the molecule is CCOCCO.[K+].[OH-]. The zero-order valence-corrected chi connectivity index (χ0v) is 8.55. The van der Waals surface area contributed by atoms with E-state index in [0.717, 1.165) is 0 Å². The normalized spacial score (nSPS) is 6.75. The second-order valence-electron chi connectivity index (χ2n) is 0.921. The van der Waals surface area contributed by atoms with Gasteiger partial charge in [-0.15, -0.1) is 0 Å². The van der Waals surface area contributed by atoms with Crippen molar-refractivity contribution in [3.8, 4) is 0 Å². The molecule has 0 aromatic heterocycles. The Bertz CT molecular complexity index is 23.2. The van der Waals surface area contributed by atoms with Gasteiger partial charge in [-0.05, 0) is 6.92 Å². The van der Waals surface area contributed by atoms with Crippen LogP contribution in [0.15, 0.2) is 0 Å². The van der Waals surface area contributed by atoms with Crippen molar-refractivity contribution < 1.29 is 66.7 Å². The molecule has 2 N–H and O–H groups in total. The van der Waals surface area contributed by atoms with Crippen molar-refractivity contribution in [2.45, 2.75) is 6.92 Å². The molecular formula is C4H11KO3. The van der Waals surface area contributed by atoms with Gasteiger partial charge in [-0.25, -0.2) is 0 Å². The van der Waals surface area contributed by atoms with Crippen molar-refractivity contribution in [3.05, 3.63) is 0 Å². The Kier molecular flexibility index (Phi) is 32.1. The molecule has 3 nitrogen and oxygen atoms in total. The maximum atomic E-state index is 8.07. The first-order valence-corrected chi connectivity index (χ1v) is 2.10. The number of aliphatic hydroxyl groups is 1. The first-order chi connectivity index (χ1) is 2.91. The zero-order chi connectivity index (χ0) is 4.83. The Balaban J connectivity index is -0.000000125. The molecular weight excluding hydrogens is 135 g/mol. The van der Waals surface area contributed by atoms with E-state index in [0.29, 0.717) is 13.2 Å². The Hall–Kier alpha value is 1.52. The van der Waals surface area contributed by atoms with E-state index in [2.05, 4.69) is 0 Å². The molecule has 0 atom stereocenters. The maximum absolute atomic E-state index is 8.07. The van der Waals surface area contributed by atoms with Crippen LogP contribution in [0.2, 0.25) is 0 Å². The summed E-state index contributed by atoms with van der Waals surface area (Å²) in [4.78, 5) is 0. The smallest absolute Gasteiger partial charge is 0.870 e. The van der Waals surface area contributed by atoms with Gasteiger partial charge in [0.2, 0.25) is 0 Å². The summed E-state index contributed by atoms with van der Waals surface area (Å²) in [5, 5.41) is 8.07. The van der Waals surface area contributed by atoms with Crippen molar-refractivity contribution in [1.82, 2.24) is 0 Å². The maximum Gasteiger partial charge on any atom is 1.00 e. The summed E-state index contributed by atoms with van der Waals surface area (Å²) in [5.41, 5.74) is 0. The summed E-state index contributed by atoms with van der Waals surface area (Å²) in [6.45, 7) is 3.20. The molecule has 4 heteroatoms. The summed E-state index contributed by atoms with van der Waals surface area (Å²) in [6.07, 6.45) is 0. The predicted molar refractivity (Wildman–Crippen MR) is 25.5 cm³/mol. The third kappa shape index (κ3) is 15.6. The quantitative estimate of drug-likeness (QED) is 0.338. The number of hydrogen-bond acceptors (Lipinski definition) is 3. The minimum absolute atomic E-state index is 0. The molecule has 0 spiro atoms. The minimum atomic E-state index is 0. The van der Waals surface area contributed by atoms with Crippen LogP contribution in [0, 0.1) is 0 Å². The van der Waals surface area contributed by atoms with Crippen molar-refractivity contribution >= 4 is 0 Å². The molecule has 0 aromatic carbocycles. The van der Waals surface area contributed by atoms with E-state index >= 15 is 0 Å². The Morgan fingerprint density at radius 3 is 2.12 bits per heavy atom. The van der Waals surface area contributed by atoms with Crippen LogP contribution >= 0.6 is 0 Å². The Labute approximate surface area is 92.1 Å². The van der Waals surface area contributed by atoms with Crippen LogP contribution in [0.25, 0.3) is 0 Å². The number of rotatable bonds is 3. The fraction of sp³-hybridized carbons (Fsp3) is 1.00. The van der Waals surface area contributed by atoms with Gasteiger partial charge in [-0.1, -0.05) is 0 Å². The third-order valence-corrected chi connectivity index (χ3v) is 0.440. The first kappa shape index (κ1) is 16.3. The van der Waals surface area contributed by atoms with Crippen molar-refractivity contribution in [3.63, 3.8) is 0 Å². The van der Waals surface area contributed by atoms with Gasteiger partial charge >= 0.3 is 51.4 Å². The summed E-state index contributed by atoms with van der Waals surface area (Å²) < 4.78 is 4.73. The van der Waals surface area contributed by atoms with Crippen molar-refractivity contribution in [2.24, 2.45) is 0 Å². The van der Waals surface area contributed by atoms with Gasteiger partial charge in [0.15, 0.2) is 0 Å². The molecule has 0 saturated carbocycles. The Morgan fingerprint density at radius 1 is 1.50 bits per heavy atom. The fourth-order valence-electron chi connectivity index (χ4n) is 0.209. The molecule has 8 heavy (non-hydrogen) atoms. The van der Waals surface area contributed by atoms with Gasteiger partial charge in [-0.2, -0.15) is 0 Å². The van der Waals surface area contributed by atoms with E-state index in [1.54, 1.807) is 0 Å². The van der Waals surface area contributed by atoms with Crippen LogP contribution < -0.4 is 51.4 Å². The van der Waals surface area contributed by atoms with Crippen molar-refractivity contribution in [2.75, 3.05) is 19.8 Å². The monoisotopic (exact) mass is 146 g/mol. The van der Waals surface area contributed by atoms with Crippen LogP contribution in [-0.2, 0) is 4.74 Å². The zero-order valence-electron chi connectivity index (χ0n) is 5.42. The van der Waals surface area contributed by atoms with E-state index in [9.17, 15) is 0 Å². The summed E-state index contributed by atoms with van der Waals surface area (Å²) in [5.74, 6) is 0. The van der Waals surface area contributed by atoms with Gasteiger partial charge < -0.3 is 15.3 Å². The third-order valence-electron chi connectivity index (χ3n) is 0.440. The van der Waals surface area contributed by atoms with Crippen LogP contribution in [0.4, 0.5) is 0 Å². The topological polar surface area (TPSA) is 59.5 Å². The average Bonchev–Trinajstić information content (AvgIpc) is 1.61. The second kappa shape index (κ2) is 15.8. The standard InChI is InChI=1S/C4H10O2.K.H2O/c1-2-6-4-3-5;;/h5H,2-4H2,1H3;;1H2/q;+1;/p-1. The van der Waals surface area contributed by atoms with E-state index < -0.39 is 0 Å². The largest absolute Gasteiger partial charge is 1.00 e. The predicted octanol–water partition coefficient (Wildman–Crippen LogP) is -3.16. The number of hydrogen-bond donors (Lipinski definition) is 1. The summed E-state index contributed by atoms with van der Waals surface area (Å²) in [7, 11) is 0. The van der Waals surface area contributed by atoms with E-state index in [-0.39, 0.29) is 63.5 Å². The molecule has 0 aliphatic rings. The van der Waals surface area contributed by atoms with E-state index in [4.69, 9.17) is 9.84 Å². The van der Waals surface area contributed by atoms with Gasteiger partial charge in [0, 0.05) is 6.61 Å². The molecule has 0 aromatic rings. The molecule has 0 saturated heterocycles. The molecule has 0 bridgehead atoms.